The van der Waals surface area contributed by atoms with Crippen LogP contribution in [0.3, 0.4) is 0 Å². The van der Waals surface area contributed by atoms with Crippen LogP contribution in [-0.4, -0.2) is 45.5 Å². The summed E-state index contributed by atoms with van der Waals surface area (Å²) in [6, 6.07) is 4.11. The fraction of sp³-hybridized carbons (Fsp3) is 0.476. The average molecular weight is 354 g/mol. The molecule has 0 saturated carbocycles. The molecular formula is C21H26N2O3. The van der Waals surface area contributed by atoms with E-state index in [0.717, 1.165) is 43.1 Å². The summed E-state index contributed by atoms with van der Waals surface area (Å²) >= 11 is 0. The van der Waals surface area contributed by atoms with Gasteiger partial charge in [-0.05, 0) is 36.7 Å². The number of fused-ring (bicyclic) bond motifs is 1. The standard InChI is InChI=1S/C21H26N2O3/c1-23-11-10-20-13-15(24-2)6-5-7-17(20)21(23,22)12-14-8-9-16(25-3)19(26-4)18(14)20/h5,7-9H,10-13,22H2,1-4H3/t20-,21+/m0/s1. The third-order valence-corrected chi connectivity index (χ3v) is 6.31. The summed E-state index contributed by atoms with van der Waals surface area (Å²) in [5.74, 6) is 2.39. The number of nitrogens with zero attached hydrogens (tertiary/aromatic N) is 1. The van der Waals surface area contributed by atoms with E-state index in [-0.39, 0.29) is 5.41 Å². The van der Waals surface area contributed by atoms with Crippen molar-refractivity contribution in [3.05, 3.63) is 52.5 Å². The smallest absolute Gasteiger partial charge is 0.165 e. The van der Waals surface area contributed by atoms with Crippen LogP contribution in [0.1, 0.15) is 24.0 Å². The number of ether oxygens (including phenoxy) is 3. The van der Waals surface area contributed by atoms with Crippen LogP contribution in [0.2, 0.25) is 0 Å². The van der Waals surface area contributed by atoms with Gasteiger partial charge in [0.2, 0.25) is 0 Å². The highest BCUT2D eigenvalue weighted by atomic mass is 16.5. The Labute approximate surface area is 154 Å². The van der Waals surface area contributed by atoms with Crippen molar-refractivity contribution >= 4 is 0 Å². The summed E-state index contributed by atoms with van der Waals surface area (Å²) in [5.41, 5.74) is 13.1. The molecule has 2 N–H and O–H groups in total. The highest BCUT2D eigenvalue weighted by Gasteiger charge is 2.57. The minimum absolute atomic E-state index is 0.278. The molecule has 1 aliphatic heterocycles. The first-order chi connectivity index (χ1) is 12.5. The molecule has 0 aromatic heterocycles. The summed E-state index contributed by atoms with van der Waals surface area (Å²) in [6.07, 6.45) is 6.46. The van der Waals surface area contributed by atoms with Crippen molar-refractivity contribution < 1.29 is 14.2 Å². The van der Waals surface area contributed by atoms with Crippen molar-refractivity contribution in [2.24, 2.45) is 5.73 Å². The normalized spacial score (nSPS) is 29.7. The molecule has 2 aliphatic carbocycles. The van der Waals surface area contributed by atoms with E-state index in [1.807, 2.05) is 12.1 Å². The first-order valence-electron chi connectivity index (χ1n) is 8.95. The largest absolute Gasteiger partial charge is 0.493 e. The molecule has 1 heterocycles. The number of nitrogens with two attached hydrogens (primary N) is 1. The lowest BCUT2D eigenvalue weighted by Gasteiger charge is -2.57. The fourth-order valence-corrected chi connectivity index (χ4v) is 4.98. The molecular weight excluding hydrogens is 328 g/mol. The minimum atomic E-state index is -0.522. The molecule has 26 heavy (non-hydrogen) atoms. The number of rotatable bonds is 3. The molecule has 1 saturated heterocycles. The predicted molar refractivity (Wildman–Crippen MR) is 100 cm³/mol. The van der Waals surface area contributed by atoms with Gasteiger partial charge in [0.25, 0.3) is 0 Å². The monoisotopic (exact) mass is 354 g/mol. The van der Waals surface area contributed by atoms with Gasteiger partial charge in [0.15, 0.2) is 11.5 Å². The van der Waals surface area contributed by atoms with E-state index >= 15 is 0 Å². The SMILES string of the molecule is COC1=C=CC=C2[C@]3(CCN(C)[C@]2(N)Cc2ccc(OC)c(OC)c23)C1. The minimum Gasteiger partial charge on any atom is -0.493 e. The zero-order valence-corrected chi connectivity index (χ0v) is 15.9. The van der Waals surface area contributed by atoms with E-state index in [1.54, 1.807) is 21.3 Å². The molecule has 1 aromatic rings. The number of hydrogen-bond donors (Lipinski definition) is 1. The second kappa shape index (κ2) is 5.92. The molecule has 0 radical (unpaired) electrons. The third kappa shape index (κ3) is 2.11. The highest BCUT2D eigenvalue weighted by Crippen LogP contribution is 2.58. The van der Waals surface area contributed by atoms with Crippen molar-refractivity contribution in [1.82, 2.24) is 4.90 Å². The second-order valence-corrected chi connectivity index (χ2v) is 7.39. The van der Waals surface area contributed by atoms with Crippen LogP contribution in [0.15, 0.2) is 41.3 Å². The Morgan fingerprint density at radius 1 is 1.12 bits per heavy atom. The molecule has 5 heteroatoms. The maximum Gasteiger partial charge on any atom is 0.165 e. The van der Waals surface area contributed by atoms with Crippen LogP contribution in [0.25, 0.3) is 0 Å². The number of hydrogen-bond acceptors (Lipinski definition) is 5. The van der Waals surface area contributed by atoms with Gasteiger partial charge in [0, 0.05) is 30.4 Å². The van der Waals surface area contributed by atoms with E-state index in [2.05, 4.69) is 29.8 Å². The Bertz CT molecular complexity index is 853. The number of methoxy groups -OCH3 is 3. The van der Waals surface area contributed by atoms with Gasteiger partial charge in [-0.3, -0.25) is 4.90 Å². The highest BCUT2D eigenvalue weighted by molar-refractivity contribution is 5.63. The van der Waals surface area contributed by atoms with E-state index < -0.39 is 5.66 Å². The van der Waals surface area contributed by atoms with Gasteiger partial charge in [0.05, 0.1) is 27.0 Å². The molecule has 5 nitrogen and oxygen atoms in total. The first-order valence-corrected chi connectivity index (χ1v) is 8.95. The van der Waals surface area contributed by atoms with Crippen LogP contribution >= 0.6 is 0 Å². The molecule has 0 unspecified atom stereocenters. The fourth-order valence-electron chi connectivity index (χ4n) is 4.98. The number of piperidine rings is 1. The van der Waals surface area contributed by atoms with Gasteiger partial charge in [0.1, 0.15) is 5.76 Å². The van der Waals surface area contributed by atoms with Crippen molar-refractivity contribution in [2.45, 2.75) is 30.3 Å². The number of allylic oxidation sites excluding steroid dienone is 2. The Morgan fingerprint density at radius 2 is 1.92 bits per heavy atom. The molecule has 138 valence electrons. The van der Waals surface area contributed by atoms with Gasteiger partial charge in [-0.2, -0.15) is 0 Å². The molecule has 3 aliphatic rings. The van der Waals surface area contributed by atoms with E-state index in [1.165, 1.54) is 16.7 Å². The molecule has 1 fully saturated rings. The van der Waals surface area contributed by atoms with E-state index in [0.29, 0.717) is 0 Å². The Hall–Kier alpha value is -2.20. The van der Waals surface area contributed by atoms with E-state index in [4.69, 9.17) is 19.9 Å². The zero-order valence-electron chi connectivity index (χ0n) is 15.9. The molecule has 1 aromatic carbocycles. The van der Waals surface area contributed by atoms with Crippen molar-refractivity contribution in [2.75, 3.05) is 34.9 Å². The third-order valence-electron chi connectivity index (χ3n) is 6.31. The number of benzene rings is 1. The lowest BCUT2D eigenvalue weighted by Crippen LogP contribution is -2.67. The Balaban J connectivity index is 2.06. The number of likely N-dealkylation sites (N-methyl/N-ethyl adjacent to an activating group) is 1. The summed E-state index contributed by atoms with van der Waals surface area (Å²) < 4.78 is 17.1. The topological polar surface area (TPSA) is 57.0 Å². The van der Waals surface area contributed by atoms with Crippen LogP contribution < -0.4 is 15.2 Å². The number of likely N-dealkylation sites (tertiary alicyclic amines) is 1. The van der Waals surface area contributed by atoms with Gasteiger partial charge >= 0.3 is 0 Å². The molecule has 4 rings (SSSR count). The van der Waals surface area contributed by atoms with Crippen molar-refractivity contribution in [3.8, 4) is 11.5 Å². The average Bonchev–Trinajstić information content (AvgIpc) is 2.85. The summed E-state index contributed by atoms with van der Waals surface area (Å²) in [4.78, 5) is 2.27. The van der Waals surface area contributed by atoms with Crippen molar-refractivity contribution in [3.63, 3.8) is 0 Å². The van der Waals surface area contributed by atoms with Gasteiger partial charge in [-0.25, -0.2) is 0 Å². The second-order valence-electron chi connectivity index (χ2n) is 7.39. The predicted octanol–water partition coefficient (Wildman–Crippen LogP) is 2.50. The van der Waals surface area contributed by atoms with Crippen LogP contribution in [0.4, 0.5) is 0 Å². The van der Waals surface area contributed by atoms with Gasteiger partial charge in [-0.15, -0.1) is 0 Å². The molecule has 2 atom stereocenters. The van der Waals surface area contributed by atoms with Crippen LogP contribution in [0, 0.1) is 0 Å². The summed E-state index contributed by atoms with van der Waals surface area (Å²) in [5, 5.41) is 0. The quantitative estimate of drug-likeness (QED) is 0.846. The van der Waals surface area contributed by atoms with Crippen LogP contribution in [-0.2, 0) is 16.6 Å². The summed E-state index contributed by atoms with van der Waals surface area (Å²) in [6.45, 7) is 0.907. The maximum absolute atomic E-state index is 7.01. The lowest BCUT2D eigenvalue weighted by atomic mass is 9.56. The van der Waals surface area contributed by atoms with E-state index in [9.17, 15) is 0 Å². The van der Waals surface area contributed by atoms with Crippen LogP contribution in [0.5, 0.6) is 11.5 Å². The maximum atomic E-state index is 7.01. The first kappa shape index (κ1) is 17.2. The van der Waals surface area contributed by atoms with Gasteiger partial charge < -0.3 is 19.9 Å². The molecule has 2 bridgehead atoms. The van der Waals surface area contributed by atoms with Gasteiger partial charge in [-0.1, -0.05) is 17.9 Å². The lowest BCUT2D eigenvalue weighted by molar-refractivity contribution is 0.0748. The molecule has 0 spiro atoms. The Morgan fingerprint density at radius 3 is 2.62 bits per heavy atom. The zero-order chi connectivity index (χ0) is 18.5. The summed E-state index contributed by atoms with van der Waals surface area (Å²) in [7, 11) is 7.20. The molecule has 0 amide bonds. The Kier molecular flexibility index (Phi) is 3.92. The van der Waals surface area contributed by atoms with Crippen molar-refractivity contribution in [1.29, 1.82) is 0 Å².